The van der Waals surface area contributed by atoms with E-state index < -0.39 is 26.4 Å². The molecular weight excluding hydrogens is 336 g/mol. The minimum absolute atomic E-state index is 0.133. The molecule has 0 bridgehead atoms. The van der Waals surface area contributed by atoms with E-state index in [4.69, 9.17) is 4.74 Å². The first kappa shape index (κ1) is 17.0. The number of nitrogens with zero attached hydrogens (tertiary/aromatic N) is 2. The third-order valence-electron chi connectivity index (χ3n) is 4.66. The van der Waals surface area contributed by atoms with Crippen LogP contribution in [0.3, 0.4) is 0 Å². The van der Waals surface area contributed by atoms with Crippen LogP contribution in [-0.2, 0) is 9.84 Å². The van der Waals surface area contributed by atoms with Crippen molar-refractivity contribution in [1.82, 2.24) is 0 Å². The maximum absolute atomic E-state index is 13.0. The second-order valence-corrected chi connectivity index (χ2v) is 8.19. The van der Waals surface area contributed by atoms with Crippen LogP contribution in [0.1, 0.15) is 17.0 Å². The lowest BCUT2D eigenvalue weighted by Crippen LogP contribution is -2.14. The summed E-state index contributed by atoms with van der Waals surface area (Å²) in [7, 11) is -2.27. The third kappa shape index (κ3) is 2.56. The molecule has 25 heavy (non-hydrogen) atoms. The predicted molar refractivity (Wildman–Crippen MR) is 91.5 cm³/mol. The van der Waals surface area contributed by atoms with Gasteiger partial charge in [-0.1, -0.05) is 29.8 Å². The van der Waals surface area contributed by atoms with Crippen LogP contribution in [0.5, 0.6) is 5.75 Å². The lowest BCUT2D eigenvalue weighted by Gasteiger charge is -2.05. The summed E-state index contributed by atoms with van der Waals surface area (Å²) >= 11 is 0. The fraction of sp³-hybridized carbons (Fsp3) is 0.263. The predicted octanol–water partition coefficient (Wildman–Crippen LogP) is 2.98. The van der Waals surface area contributed by atoms with Gasteiger partial charge in [-0.15, -0.1) is 0 Å². The van der Waals surface area contributed by atoms with E-state index in [2.05, 4.69) is 0 Å². The Bertz CT molecular complexity index is 967. The summed E-state index contributed by atoms with van der Waals surface area (Å²) in [5, 5.41) is 18.0. The molecule has 2 aromatic rings. The highest BCUT2D eigenvalue weighted by molar-refractivity contribution is 7.92. The minimum atomic E-state index is -3.80. The molecule has 1 aliphatic rings. The van der Waals surface area contributed by atoms with Crippen molar-refractivity contribution in [1.29, 1.82) is 10.5 Å². The number of benzene rings is 2. The van der Waals surface area contributed by atoms with E-state index in [1.54, 1.807) is 36.4 Å². The molecule has 1 aliphatic carbocycles. The van der Waals surface area contributed by atoms with Gasteiger partial charge in [0.05, 0.1) is 24.1 Å². The second-order valence-electron chi connectivity index (χ2n) is 6.12. The molecule has 2 atom stereocenters. The smallest absolute Gasteiger partial charge is 0.184 e. The molecule has 5 nitrogen and oxygen atoms in total. The number of hydrogen-bond donors (Lipinski definition) is 0. The van der Waals surface area contributed by atoms with E-state index in [0.717, 1.165) is 5.56 Å². The fourth-order valence-electron chi connectivity index (χ4n) is 3.19. The van der Waals surface area contributed by atoms with Gasteiger partial charge < -0.3 is 4.74 Å². The molecular formula is C19H16N2O3S. The number of aryl methyl sites for hydroxylation is 1. The minimum Gasteiger partial charge on any atom is -0.497 e. The van der Waals surface area contributed by atoms with E-state index in [0.29, 0.717) is 11.3 Å². The van der Waals surface area contributed by atoms with E-state index in [1.165, 1.54) is 19.2 Å². The molecule has 0 unspecified atom stereocenters. The summed E-state index contributed by atoms with van der Waals surface area (Å²) < 4.78 is 31.1. The zero-order chi connectivity index (χ0) is 18.2. The van der Waals surface area contributed by atoms with Crippen LogP contribution < -0.4 is 4.74 Å². The zero-order valence-electron chi connectivity index (χ0n) is 13.8. The molecule has 0 saturated heterocycles. The molecule has 1 fully saturated rings. The van der Waals surface area contributed by atoms with Crippen LogP contribution in [0.25, 0.3) is 0 Å². The van der Waals surface area contributed by atoms with Crippen molar-refractivity contribution in [3.05, 3.63) is 59.7 Å². The van der Waals surface area contributed by atoms with Crippen LogP contribution >= 0.6 is 0 Å². The van der Waals surface area contributed by atoms with Gasteiger partial charge in [-0.3, -0.25) is 0 Å². The zero-order valence-corrected chi connectivity index (χ0v) is 14.6. The number of hydrogen-bond acceptors (Lipinski definition) is 5. The van der Waals surface area contributed by atoms with Crippen LogP contribution in [0.2, 0.25) is 0 Å². The molecule has 1 saturated carbocycles. The van der Waals surface area contributed by atoms with Crippen LogP contribution in [0.4, 0.5) is 0 Å². The quantitative estimate of drug-likeness (QED) is 0.843. The third-order valence-corrected chi connectivity index (χ3v) is 6.90. The van der Waals surface area contributed by atoms with Crippen molar-refractivity contribution in [2.45, 2.75) is 23.0 Å². The molecule has 3 rings (SSSR count). The van der Waals surface area contributed by atoms with Gasteiger partial charge in [0.1, 0.15) is 11.0 Å². The molecule has 6 heteroatoms. The Labute approximate surface area is 147 Å². The van der Waals surface area contributed by atoms with Crippen LogP contribution in [0, 0.1) is 35.0 Å². The van der Waals surface area contributed by atoms with E-state index in [1.807, 2.05) is 19.1 Å². The highest BCUT2D eigenvalue weighted by Gasteiger charge is 2.73. The van der Waals surface area contributed by atoms with Crippen molar-refractivity contribution in [2.75, 3.05) is 7.11 Å². The van der Waals surface area contributed by atoms with Crippen molar-refractivity contribution >= 4 is 9.84 Å². The molecule has 0 radical (unpaired) electrons. The summed E-state index contributed by atoms with van der Waals surface area (Å²) in [6.45, 7) is 1.86. The van der Waals surface area contributed by atoms with Crippen molar-refractivity contribution in [3.8, 4) is 17.9 Å². The van der Waals surface area contributed by atoms with E-state index in [-0.39, 0.29) is 4.90 Å². The Kier molecular flexibility index (Phi) is 4.02. The Balaban J connectivity index is 2.06. The highest BCUT2D eigenvalue weighted by Crippen LogP contribution is 2.63. The summed E-state index contributed by atoms with van der Waals surface area (Å²) in [5.74, 6) is -0.0541. The number of sulfone groups is 1. The average Bonchev–Trinajstić information content (AvgIpc) is 3.33. The standard InChI is InChI=1S/C19H16N2O3S/c1-13-3-9-16(10-4-13)25(22,23)18-17(19(18,11-20)12-21)14-5-7-15(24-2)8-6-14/h3-10,17-18H,1-2H3/t17-,18+/m0/s1. The first-order valence-corrected chi connectivity index (χ1v) is 9.22. The first-order valence-electron chi connectivity index (χ1n) is 7.67. The largest absolute Gasteiger partial charge is 0.497 e. The normalized spacial score (nSPS) is 21.0. The molecule has 2 aromatic carbocycles. The molecule has 0 amide bonds. The van der Waals surface area contributed by atoms with E-state index >= 15 is 0 Å². The van der Waals surface area contributed by atoms with E-state index in [9.17, 15) is 18.9 Å². The summed E-state index contributed by atoms with van der Waals surface area (Å²) in [6.07, 6.45) is 0. The molecule has 0 spiro atoms. The summed E-state index contributed by atoms with van der Waals surface area (Å²) in [5.41, 5.74) is 0.0102. The Hall–Kier alpha value is -2.83. The number of ether oxygens (including phenoxy) is 1. The average molecular weight is 352 g/mol. The van der Waals surface area contributed by atoms with Gasteiger partial charge in [-0.25, -0.2) is 8.42 Å². The number of nitriles is 2. The molecule has 0 aromatic heterocycles. The van der Waals surface area contributed by atoms with Gasteiger partial charge in [-0.2, -0.15) is 10.5 Å². The summed E-state index contributed by atoms with van der Waals surface area (Å²) in [6, 6.07) is 17.2. The van der Waals surface area contributed by atoms with Crippen molar-refractivity contribution in [2.24, 2.45) is 5.41 Å². The van der Waals surface area contributed by atoms with Gasteiger partial charge >= 0.3 is 0 Å². The first-order chi connectivity index (χ1) is 11.9. The van der Waals surface area contributed by atoms with Gasteiger partial charge in [0.25, 0.3) is 0 Å². The molecule has 0 aliphatic heterocycles. The summed E-state index contributed by atoms with van der Waals surface area (Å²) in [4.78, 5) is 0.133. The monoisotopic (exact) mass is 352 g/mol. The van der Waals surface area contributed by atoms with Crippen molar-refractivity contribution in [3.63, 3.8) is 0 Å². The highest BCUT2D eigenvalue weighted by atomic mass is 32.2. The van der Waals surface area contributed by atoms with Crippen LogP contribution in [-0.4, -0.2) is 20.8 Å². The SMILES string of the molecule is COc1ccc([C@H]2[C@@H](S(=O)(=O)c3ccc(C)cc3)C2(C#N)C#N)cc1. The molecule has 0 heterocycles. The maximum Gasteiger partial charge on any atom is 0.184 e. The molecule has 126 valence electrons. The number of rotatable bonds is 4. The number of methoxy groups -OCH3 is 1. The lowest BCUT2D eigenvalue weighted by molar-refractivity contribution is 0.414. The van der Waals surface area contributed by atoms with Gasteiger partial charge in [0, 0.05) is 5.92 Å². The maximum atomic E-state index is 13.0. The molecule has 0 N–H and O–H groups in total. The Morgan fingerprint density at radius 2 is 1.56 bits per heavy atom. The second kappa shape index (κ2) is 5.91. The van der Waals surface area contributed by atoms with Crippen molar-refractivity contribution < 1.29 is 13.2 Å². The van der Waals surface area contributed by atoms with Gasteiger partial charge in [0.15, 0.2) is 15.3 Å². The Morgan fingerprint density at radius 3 is 2.04 bits per heavy atom. The Morgan fingerprint density at radius 1 is 1.00 bits per heavy atom. The fourth-order valence-corrected chi connectivity index (χ4v) is 5.40. The van der Waals surface area contributed by atoms with Gasteiger partial charge in [-0.05, 0) is 36.8 Å². The van der Waals surface area contributed by atoms with Crippen LogP contribution in [0.15, 0.2) is 53.4 Å². The topological polar surface area (TPSA) is 90.9 Å². The lowest BCUT2D eigenvalue weighted by atomic mass is 10.0. The van der Waals surface area contributed by atoms with Gasteiger partial charge in [0.2, 0.25) is 0 Å².